The van der Waals surface area contributed by atoms with Gasteiger partial charge in [0.05, 0.1) is 5.39 Å². The molecule has 0 saturated heterocycles. The third-order valence-electron chi connectivity index (χ3n) is 10.2. The summed E-state index contributed by atoms with van der Waals surface area (Å²) in [6.45, 7) is 0. The number of nitrogens with zero attached hydrogens (tertiary/aromatic N) is 4. The minimum Gasteiger partial charge on any atom is -0.456 e. The van der Waals surface area contributed by atoms with Crippen LogP contribution < -0.4 is 0 Å². The van der Waals surface area contributed by atoms with Crippen LogP contribution in [0.3, 0.4) is 0 Å². The van der Waals surface area contributed by atoms with E-state index < -0.39 is 0 Å². The highest BCUT2D eigenvalue weighted by atomic mass is 16.3. The summed E-state index contributed by atoms with van der Waals surface area (Å²) in [5, 5.41) is 5.20. The molecular formula is C48H28N4O2. The van der Waals surface area contributed by atoms with Crippen LogP contribution in [0.1, 0.15) is 0 Å². The fourth-order valence-corrected chi connectivity index (χ4v) is 7.55. The lowest BCUT2D eigenvalue weighted by Gasteiger charge is -2.10. The van der Waals surface area contributed by atoms with Crippen LogP contribution in [0.15, 0.2) is 179 Å². The van der Waals surface area contributed by atoms with E-state index in [-0.39, 0.29) is 0 Å². The molecule has 6 heteroatoms. The van der Waals surface area contributed by atoms with Gasteiger partial charge in [-0.1, -0.05) is 133 Å². The van der Waals surface area contributed by atoms with Gasteiger partial charge in [-0.15, -0.1) is 0 Å². The zero-order valence-corrected chi connectivity index (χ0v) is 28.8. The van der Waals surface area contributed by atoms with Crippen molar-refractivity contribution in [3.05, 3.63) is 170 Å². The minimum absolute atomic E-state index is 0.528. The van der Waals surface area contributed by atoms with Crippen LogP contribution in [0.2, 0.25) is 0 Å². The van der Waals surface area contributed by atoms with E-state index in [0.29, 0.717) is 28.6 Å². The quantitative estimate of drug-likeness (QED) is 0.179. The molecule has 6 nitrogen and oxygen atoms in total. The highest BCUT2D eigenvalue weighted by Crippen LogP contribution is 2.40. The molecule has 0 atom stereocenters. The SMILES string of the molecule is c1ccc(-c2ccc(-c3nc(-c4cccc5oc6ccccc6c45)nc(-c4cccc5oc6cc(-c7ccc8ccccc8c7)cnc6c45)n3)cc2)cc1. The van der Waals surface area contributed by atoms with E-state index in [9.17, 15) is 0 Å². The van der Waals surface area contributed by atoms with Crippen LogP contribution in [0.25, 0.3) is 111 Å². The first-order chi connectivity index (χ1) is 26.7. The Balaban J connectivity index is 1.10. The predicted octanol–water partition coefficient (Wildman–Crippen LogP) is 12.6. The van der Waals surface area contributed by atoms with Gasteiger partial charge >= 0.3 is 0 Å². The van der Waals surface area contributed by atoms with Crippen LogP contribution in [0, 0.1) is 0 Å². The monoisotopic (exact) mass is 692 g/mol. The van der Waals surface area contributed by atoms with E-state index in [1.807, 2.05) is 72.9 Å². The lowest BCUT2D eigenvalue weighted by Crippen LogP contribution is -2.01. The summed E-state index contributed by atoms with van der Waals surface area (Å²) in [5.41, 5.74) is 10.6. The fourth-order valence-electron chi connectivity index (χ4n) is 7.55. The van der Waals surface area contributed by atoms with E-state index in [4.69, 9.17) is 28.8 Å². The maximum absolute atomic E-state index is 6.50. The Hall–Kier alpha value is -7.44. The van der Waals surface area contributed by atoms with Crippen LogP contribution >= 0.6 is 0 Å². The Morgan fingerprint density at radius 1 is 0.352 bits per heavy atom. The molecule has 0 amide bonds. The summed E-state index contributed by atoms with van der Waals surface area (Å²) in [6.07, 6.45) is 1.92. The van der Waals surface area contributed by atoms with Crippen molar-refractivity contribution in [1.82, 2.24) is 19.9 Å². The van der Waals surface area contributed by atoms with Crippen molar-refractivity contribution in [3.8, 4) is 56.4 Å². The normalized spacial score (nSPS) is 11.7. The number of benzene rings is 7. The van der Waals surface area contributed by atoms with Gasteiger partial charge < -0.3 is 8.83 Å². The summed E-state index contributed by atoms with van der Waals surface area (Å²) < 4.78 is 12.8. The van der Waals surface area contributed by atoms with Gasteiger partial charge in [0.1, 0.15) is 22.3 Å². The van der Waals surface area contributed by atoms with Gasteiger partial charge in [0.2, 0.25) is 0 Å². The summed E-state index contributed by atoms with van der Waals surface area (Å²) in [6, 6.07) is 55.7. The average molecular weight is 693 g/mol. The number of pyridine rings is 1. The van der Waals surface area contributed by atoms with E-state index in [0.717, 1.165) is 71.8 Å². The Morgan fingerprint density at radius 3 is 1.76 bits per heavy atom. The van der Waals surface area contributed by atoms with E-state index in [1.54, 1.807) is 0 Å². The van der Waals surface area contributed by atoms with Gasteiger partial charge in [0.15, 0.2) is 23.1 Å². The molecule has 4 aromatic heterocycles. The Morgan fingerprint density at radius 2 is 0.944 bits per heavy atom. The van der Waals surface area contributed by atoms with Crippen molar-refractivity contribution in [2.45, 2.75) is 0 Å². The lowest BCUT2D eigenvalue weighted by molar-refractivity contribution is 0.668. The highest BCUT2D eigenvalue weighted by Gasteiger charge is 2.21. The average Bonchev–Trinajstić information content (AvgIpc) is 3.82. The fraction of sp³-hybridized carbons (Fsp3) is 0. The molecule has 0 bridgehead atoms. The first kappa shape index (κ1) is 30.2. The molecule has 0 spiro atoms. The number of furan rings is 2. The zero-order chi connectivity index (χ0) is 35.6. The van der Waals surface area contributed by atoms with Crippen LogP contribution in [0.4, 0.5) is 0 Å². The van der Waals surface area contributed by atoms with E-state index in [2.05, 4.69) is 97.1 Å². The number of hydrogen-bond donors (Lipinski definition) is 0. The molecule has 7 aromatic carbocycles. The van der Waals surface area contributed by atoms with Gasteiger partial charge in [-0.25, -0.2) is 15.0 Å². The van der Waals surface area contributed by atoms with Crippen LogP contribution in [-0.4, -0.2) is 19.9 Å². The van der Waals surface area contributed by atoms with Crippen molar-refractivity contribution in [3.63, 3.8) is 0 Å². The van der Waals surface area contributed by atoms with Crippen molar-refractivity contribution in [2.75, 3.05) is 0 Å². The molecule has 0 fully saturated rings. The molecule has 0 aliphatic rings. The summed E-state index contributed by atoms with van der Waals surface area (Å²) in [4.78, 5) is 20.5. The summed E-state index contributed by atoms with van der Waals surface area (Å²) in [5.74, 6) is 1.65. The van der Waals surface area contributed by atoms with E-state index in [1.165, 1.54) is 10.8 Å². The molecule has 11 rings (SSSR count). The van der Waals surface area contributed by atoms with Crippen LogP contribution in [-0.2, 0) is 0 Å². The molecule has 11 aromatic rings. The molecule has 54 heavy (non-hydrogen) atoms. The van der Waals surface area contributed by atoms with Gasteiger partial charge in [0, 0.05) is 39.2 Å². The number of para-hydroxylation sites is 1. The largest absolute Gasteiger partial charge is 0.456 e. The number of fused-ring (bicyclic) bond motifs is 7. The predicted molar refractivity (Wildman–Crippen MR) is 217 cm³/mol. The summed E-state index contributed by atoms with van der Waals surface area (Å²) >= 11 is 0. The summed E-state index contributed by atoms with van der Waals surface area (Å²) in [7, 11) is 0. The number of aromatic nitrogens is 4. The van der Waals surface area contributed by atoms with Crippen molar-refractivity contribution in [1.29, 1.82) is 0 Å². The number of rotatable bonds is 5. The first-order valence-electron chi connectivity index (χ1n) is 17.9. The molecule has 0 aliphatic heterocycles. The van der Waals surface area contributed by atoms with Gasteiger partial charge in [0.25, 0.3) is 0 Å². The van der Waals surface area contributed by atoms with Crippen molar-refractivity contribution < 1.29 is 8.83 Å². The smallest absolute Gasteiger partial charge is 0.164 e. The maximum Gasteiger partial charge on any atom is 0.164 e. The van der Waals surface area contributed by atoms with Gasteiger partial charge in [-0.05, 0) is 57.8 Å². The van der Waals surface area contributed by atoms with Gasteiger partial charge in [-0.2, -0.15) is 0 Å². The second-order valence-electron chi connectivity index (χ2n) is 13.4. The Bertz CT molecular complexity index is 3220. The van der Waals surface area contributed by atoms with Crippen LogP contribution in [0.5, 0.6) is 0 Å². The van der Waals surface area contributed by atoms with Crippen molar-refractivity contribution >= 4 is 54.8 Å². The third kappa shape index (κ3) is 4.96. The molecule has 252 valence electrons. The number of hydrogen-bond acceptors (Lipinski definition) is 6. The third-order valence-corrected chi connectivity index (χ3v) is 10.2. The van der Waals surface area contributed by atoms with E-state index >= 15 is 0 Å². The standard InChI is InChI=1S/C48H28N4O2/c1-2-10-29(11-3-1)31-20-23-32(24-21-31)46-50-47(37-15-8-18-40-43(37)36-14-6-7-17-39(36)53-40)52-48(51-46)38-16-9-19-41-44(38)45-42(54-41)27-35(28-49-45)34-25-22-30-12-4-5-13-33(30)26-34/h1-28H. The topological polar surface area (TPSA) is 77.8 Å². The van der Waals surface area contributed by atoms with Crippen molar-refractivity contribution in [2.24, 2.45) is 0 Å². The zero-order valence-electron chi connectivity index (χ0n) is 28.8. The molecule has 0 aliphatic carbocycles. The second kappa shape index (κ2) is 12.1. The Labute approximate surface area is 309 Å². The highest BCUT2D eigenvalue weighted by molar-refractivity contribution is 6.13. The Kier molecular flexibility index (Phi) is 6.75. The second-order valence-corrected chi connectivity index (χ2v) is 13.4. The maximum atomic E-state index is 6.50. The molecular weight excluding hydrogens is 665 g/mol. The molecule has 0 unspecified atom stereocenters. The molecule has 4 heterocycles. The molecule has 0 N–H and O–H groups in total. The first-order valence-corrected chi connectivity index (χ1v) is 17.9. The lowest BCUT2D eigenvalue weighted by atomic mass is 10.0. The molecule has 0 radical (unpaired) electrons. The van der Waals surface area contributed by atoms with Gasteiger partial charge in [-0.3, -0.25) is 4.98 Å². The molecule has 0 saturated carbocycles. The minimum atomic E-state index is 0.528.